The number of fused-ring (bicyclic) bond motifs is 1. The van der Waals surface area contributed by atoms with Gasteiger partial charge in [0.05, 0.1) is 16.7 Å². The van der Waals surface area contributed by atoms with E-state index in [4.69, 9.17) is 0 Å². The van der Waals surface area contributed by atoms with Crippen LogP contribution in [0.2, 0.25) is 0 Å². The summed E-state index contributed by atoms with van der Waals surface area (Å²) >= 11 is 0. The van der Waals surface area contributed by atoms with Crippen molar-refractivity contribution in [1.82, 2.24) is 9.97 Å². The van der Waals surface area contributed by atoms with Gasteiger partial charge in [-0.3, -0.25) is 4.98 Å². The van der Waals surface area contributed by atoms with Crippen LogP contribution in [0, 0.1) is 6.92 Å². The van der Waals surface area contributed by atoms with E-state index in [0.29, 0.717) is 0 Å². The molecule has 1 aromatic heterocycles. The molecule has 0 atom stereocenters. The molecule has 2 nitrogen and oxygen atoms in total. The second-order valence-electron chi connectivity index (χ2n) is 4.08. The third-order valence-electron chi connectivity index (χ3n) is 2.77. The predicted molar refractivity (Wildman–Crippen MR) is 69.7 cm³/mol. The Bertz CT molecular complexity index is 660. The van der Waals surface area contributed by atoms with Crippen molar-refractivity contribution in [1.29, 1.82) is 0 Å². The summed E-state index contributed by atoms with van der Waals surface area (Å²) in [5, 5.41) is 0. The average Bonchev–Trinajstić information content (AvgIpc) is 2.39. The molecule has 0 aliphatic carbocycles. The van der Waals surface area contributed by atoms with Crippen molar-refractivity contribution in [2.24, 2.45) is 0 Å². The first-order valence-corrected chi connectivity index (χ1v) is 5.62. The van der Waals surface area contributed by atoms with Crippen LogP contribution in [0.3, 0.4) is 0 Å². The highest BCUT2D eigenvalue weighted by atomic mass is 14.8. The van der Waals surface area contributed by atoms with Crippen LogP contribution in [0.1, 0.15) is 5.69 Å². The van der Waals surface area contributed by atoms with Crippen LogP contribution in [0.5, 0.6) is 0 Å². The number of aryl methyl sites for hydroxylation is 1. The summed E-state index contributed by atoms with van der Waals surface area (Å²) in [6, 6.07) is 16.5. The second kappa shape index (κ2) is 3.98. The molecule has 0 amide bonds. The number of aromatic nitrogens is 2. The van der Waals surface area contributed by atoms with E-state index in [9.17, 15) is 0 Å². The maximum Gasteiger partial charge on any atom is 0.0893 e. The Morgan fingerprint density at radius 2 is 1.65 bits per heavy atom. The van der Waals surface area contributed by atoms with Gasteiger partial charge in [0, 0.05) is 6.20 Å². The summed E-state index contributed by atoms with van der Waals surface area (Å²) in [5.41, 5.74) is 5.22. The fourth-order valence-corrected chi connectivity index (χ4v) is 1.91. The lowest BCUT2D eigenvalue weighted by Gasteiger charge is -2.03. The zero-order valence-corrected chi connectivity index (χ0v) is 9.59. The minimum atomic E-state index is 0.942. The summed E-state index contributed by atoms with van der Waals surface area (Å²) < 4.78 is 0. The first-order valence-electron chi connectivity index (χ1n) is 5.62. The highest BCUT2D eigenvalue weighted by Gasteiger charge is 2.01. The first-order chi connectivity index (χ1) is 8.33. The van der Waals surface area contributed by atoms with Crippen molar-refractivity contribution in [2.75, 3.05) is 0 Å². The first kappa shape index (κ1) is 9.97. The minimum Gasteiger partial charge on any atom is -0.253 e. The van der Waals surface area contributed by atoms with Crippen molar-refractivity contribution in [3.05, 3.63) is 60.4 Å². The topological polar surface area (TPSA) is 25.8 Å². The van der Waals surface area contributed by atoms with E-state index >= 15 is 0 Å². The van der Waals surface area contributed by atoms with Gasteiger partial charge in [0.25, 0.3) is 0 Å². The smallest absolute Gasteiger partial charge is 0.0893 e. The summed E-state index contributed by atoms with van der Waals surface area (Å²) in [6.07, 6.45) is 1.80. The quantitative estimate of drug-likeness (QED) is 0.626. The van der Waals surface area contributed by atoms with Crippen molar-refractivity contribution in [3.63, 3.8) is 0 Å². The maximum atomic E-state index is 4.45. The Hall–Kier alpha value is -2.22. The van der Waals surface area contributed by atoms with Crippen LogP contribution < -0.4 is 0 Å². The largest absolute Gasteiger partial charge is 0.253 e. The monoisotopic (exact) mass is 220 g/mol. The van der Waals surface area contributed by atoms with Crippen molar-refractivity contribution in [2.45, 2.75) is 6.92 Å². The van der Waals surface area contributed by atoms with Gasteiger partial charge in [0.1, 0.15) is 0 Å². The average molecular weight is 220 g/mol. The summed E-state index contributed by atoms with van der Waals surface area (Å²) in [5.74, 6) is 0. The van der Waals surface area contributed by atoms with Gasteiger partial charge in [0.2, 0.25) is 0 Å². The molecule has 3 aromatic rings. The zero-order valence-electron chi connectivity index (χ0n) is 9.59. The van der Waals surface area contributed by atoms with Crippen LogP contribution in [0.4, 0.5) is 0 Å². The highest BCUT2D eigenvalue weighted by molar-refractivity contribution is 5.81. The Balaban J connectivity index is 2.17. The van der Waals surface area contributed by atoms with Crippen LogP contribution in [0.15, 0.2) is 54.7 Å². The maximum absolute atomic E-state index is 4.45. The van der Waals surface area contributed by atoms with Gasteiger partial charge in [0.15, 0.2) is 0 Å². The number of hydrogen-bond acceptors (Lipinski definition) is 2. The van der Waals surface area contributed by atoms with E-state index in [0.717, 1.165) is 16.7 Å². The summed E-state index contributed by atoms with van der Waals surface area (Å²) in [4.78, 5) is 8.85. The number of benzene rings is 2. The number of nitrogens with zero attached hydrogens (tertiary/aromatic N) is 2. The second-order valence-corrected chi connectivity index (χ2v) is 4.08. The van der Waals surface area contributed by atoms with Crippen molar-refractivity contribution in [3.8, 4) is 11.1 Å². The molecule has 3 rings (SSSR count). The van der Waals surface area contributed by atoms with E-state index in [1.807, 2.05) is 31.2 Å². The molecular formula is C15H12N2. The fraction of sp³-hybridized carbons (Fsp3) is 0.0667. The fourth-order valence-electron chi connectivity index (χ4n) is 1.91. The number of rotatable bonds is 1. The Morgan fingerprint density at radius 3 is 2.47 bits per heavy atom. The molecule has 0 unspecified atom stereocenters. The van der Waals surface area contributed by atoms with Crippen LogP contribution >= 0.6 is 0 Å². The SMILES string of the molecule is Cc1cnc2cc(-c3ccccc3)ccc2n1. The molecule has 0 N–H and O–H groups in total. The zero-order chi connectivity index (χ0) is 11.7. The highest BCUT2D eigenvalue weighted by Crippen LogP contribution is 2.22. The molecule has 2 heteroatoms. The van der Waals surface area contributed by atoms with Gasteiger partial charge >= 0.3 is 0 Å². The molecule has 17 heavy (non-hydrogen) atoms. The molecular weight excluding hydrogens is 208 g/mol. The minimum absolute atomic E-state index is 0.942. The van der Waals surface area contributed by atoms with Gasteiger partial charge < -0.3 is 0 Å². The summed E-state index contributed by atoms with van der Waals surface area (Å²) in [7, 11) is 0. The van der Waals surface area contributed by atoms with Crippen molar-refractivity contribution >= 4 is 11.0 Å². The molecule has 0 aliphatic heterocycles. The lowest BCUT2D eigenvalue weighted by molar-refractivity contribution is 1.19. The third kappa shape index (κ3) is 1.89. The van der Waals surface area contributed by atoms with E-state index in [2.05, 4.69) is 34.2 Å². The van der Waals surface area contributed by atoms with E-state index in [1.54, 1.807) is 6.20 Å². The molecule has 2 aromatic carbocycles. The molecule has 0 saturated heterocycles. The molecule has 0 aliphatic rings. The van der Waals surface area contributed by atoms with Crippen LogP contribution in [-0.2, 0) is 0 Å². The summed E-state index contributed by atoms with van der Waals surface area (Å²) in [6.45, 7) is 1.96. The molecule has 82 valence electrons. The van der Waals surface area contributed by atoms with Gasteiger partial charge in [-0.15, -0.1) is 0 Å². The Labute approximate surface area is 100.0 Å². The normalized spacial score (nSPS) is 10.6. The van der Waals surface area contributed by atoms with Gasteiger partial charge in [-0.05, 0) is 30.2 Å². The van der Waals surface area contributed by atoms with Crippen LogP contribution in [-0.4, -0.2) is 9.97 Å². The lowest BCUT2D eigenvalue weighted by Crippen LogP contribution is -1.87. The van der Waals surface area contributed by atoms with Crippen molar-refractivity contribution < 1.29 is 0 Å². The van der Waals surface area contributed by atoms with Crippen LogP contribution in [0.25, 0.3) is 22.2 Å². The molecule has 0 fully saturated rings. The molecule has 0 bridgehead atoms. The predicted octanol–water partition coefficient (Wildman–Crippen LogP) is 3.61. The molecule has 0 radical (unpaired) electrons. The Kier molecular flexibility index (Phi) is 2.33. The molecule has 1 heterocycles. The van der Waals surface area contributed by atoms with E-state index < -0.39 is 0 Å². The van der Waals surface area contributed by atoms with E-state index in [1.165, 1.54) is 11.1 Å². The van der Waals surface area contributed by atoms with E-state index in [-0.39, 0.29) is 0 Å². The molecule has 0 saturated carbocycles. The lowest BCUT2D eigenvalue weighted by atomic mass is 10.1. The van der Waals surface area contributed by atoms with Gasteiger partial charge in [-0.2, -0.15) is 0 Å². The standard InChI is InChI=1S/C15H12N2/c1-11-10-16-15-9-13(7-8-14(15)17-11)12-5-3-2-4-6-12/h2-10H,1H3. The van der Waals surface area contributed by atoms with Gasteiger partial charge in [-0.1, -0.05) is 36.4 Å². The van der Waals surface area contributed by atoms with Gasteiger partial charge in [-0.25, -0.2) is 4.98 Å². The third-order valence-corrected chi connectivity index (χ3v) is 2.77. The molecule has 0 spiro atoms. The Morgan fingerprint density at radius 1 is 0.824 bits per heavy atom. The number of hydrogen-bond donors (Lipinski definition) is 0.